The Morgan fingerprint density at radius 1 is 0.811 bits per heavy atom. The van der Waals surface area contributed by atoms with Crippen molar-refractivity contribution >= 4 is 44.8 Å². The minimum atomic E-state index is -0.0291. The Labute approximate surface area is 217 Å². The highest BCUT2D eigenvalue weighted by Crippen LogP contribution is 2.36. The molecule has 1 aliphatic rings. The average Bonchev–Trinajstić information content (AvgIpc) is 3.63. The van der Waals surface area contributed by atoms with Gasteiger partial charge in [-0.05, 0) is 47.0 Å². The van der Waals surface area contributed by atoms with Crippen LogP contribution < -0.4 is 15.1 Å². The third-order valence-electron chi connectivity index (χ3n) is 6.80. The van der Waals surface area contributed by atoms with Crippen molar-refractivity contribution in [2.75, 3.05) is 5.01 Å². The number of benzene rings is 4. The van der Waals surface area contributed by atoms with Crippen molar-refractivity contribution in [1.82, 2.24) is 9.38 Å². The van der Waals surface area contributed by atoms with Crippen LogP contribution in [-0.4, -0.2) is 15.1 Å². The molecule has 7 rings (SSSR count). The Morgan fingerprint density at radius 3 is 2.30 bits per heavy atom. The van der Waals surface area contributed by atoms with Crippen molar-refractivity contribution in [3.05, 3.63) is 141 Å². The number of aromatic nitrogens is 2. The summed E-state index contributed by atoms with van der Waals surface area (Å²) in [5, 5.41) is 7.16. The van der Waals surface area contributed by atoms with Crippen LogP contribution in [0.15, 0.2) is 119 Å². The third kappa shape index (κ3) is 3.82. The van der Waals surface area contributed by atoms with E-state index in [1.54, 1.807) is 4.40 Å². The normalized spacial score (nSPS) is 16.1. The van der Waals surface area contributed by atoms with E-state index in [0.717, 1.165) is 44.9 Å². The fraction of sp³-hybridized carbons (Fsp3) is 0.0645. The van der Waals surface area contributed by atoms with Crippen LogP contribution in [0.2, 0.25) is 0 Å². The van der Waals surface area contributed by atoms with E-state index < -0.39 is 0 Å². The molecule has 1 atom stereocenters. The Balaban J connectivity index is 1.25. The molecule has 6 aromatic rings. The highest BCUT2D eigenvalue weighted by molar-refractivity contribution is 7.15. The summed E-state index contributed by atoms with van der Waals surface area (Å²) >= 11 is 1.42. The molecule has 2 aromatic heterocycles. The maximum absolute atomic E-state index is 13.1. The minimum absolute atomic E-state index is 0.0291. The molecule has 0 radical (unpaired) electrons. The number of rotatable bonds is 4. The molecule has 0 saturated carbocycles. The lowest BCUT2D eigenvalue weighted by molar-refractivity contribution is 0.709. The molecule has 0 aliphatic carbocycles. The number of nitrogens with zero attached hydrogens (tertiary/aromatic N) is 4. The predicted molar refractivity (Wildman–Crippen MR) is 151 cm³/mol. The quantitative estimate of drug-likeness (QED) is 0.308. The number of thiazole rings is 1. The van der Waals surface area contributed by atoms with E-state index in [1.807, 2.05) is 54.6 Å². The summed E-state index contributed by atoms with van der Waals surface area (Å²) < 4.78 is 2.38. The van der Waals surface area contributed by atoms with Crippen LogP contribution in [0.3, 0.4) is 0 Å². The Morgan fingerprint density at radius 2 is 1.51 bits per heavy atom. The summed E-state index contributed by atoms with van der Waals surface area (Å²) in [7, 11) is 0. The van der Waals surface area contributed by atoms with Gasteiger partial charge in [0.15, 0.2) is 4.96 Å². The summed E-state index contributed by atoms with van der Waals surface area (Å²) in [6.07, 6.45) is 2.78. The number of hydrogen-bond acceptors (Lipinski definition) is 5. The molecule has 3 heterocycles. The van der Waals surface area contributed by atoms with Gasteiger partial charge in [0.1, 0.15) is 0 Å². The number of anilines is 1. The van der Waals surface area contributed by atoms with Crippen molar-refractivity contribution in [3.8, 4) is 0 Å². The van der Waals surface area contributed by atoms with E-state index in [1.165, 1.54) is 16.9 Å². The van der Waals surface area contributed by atoms with E-state index in [0.29, 0.717) is 4.53 Å². The van der Waals surface area contributed by atoms with Gasteiger partial charge < -0.3 is 0 Å². The Kier molecular flexibility index (Phi) is 5.18. The van der Waals surface area contributed by atoms with Crippen molar-refractivity contribution in [3.63, 3.8) is 0 Å². The predicted octanol–water partition coefficient (Wildman–Crippen LogP) is 5.81. The molecular weight excluding hydrogens is 476 g/mol. The first-order valence-electron chi connectivity index (χ1n) is 12.2. The first-order valence-corrected chi connectivity index (χ1v) is 13.1. The average molecular weight is 499 g/mol. The molecule has 0 fully saturated rings. The van der Waals surface area contributed by atoms with Crippen LogP contribution in [0.25, 0.3) is 22.1 Å². The van der Waals surface area contributed by atoms with Gasteiger partial charge >= 0.3 is 0 Å². The van der Waals surface area contributed by atoms with Gasteiger partial charge in [0, 0.05) is 6.42 Å². The lowest BCUT2D eigenvalue weighted by atomic mass is 9.98. The summed E-state index contributed by atoms with van der Waals surface area (Å²) in [5.74, 6) is 0. The minimum Gasteiger partial charge on any atom is -0.267 e. The maximum atomic E-state index is 13.1. The van der Waals surface area contributed by atoms with Gasteiger partial charge in [-0.1, -0.05) is 96.3 Å². The molecule has 5 nitrogen and oxygen atoms in total. The second-order valence-corrected chi connectivity index (χ2v) is 10.1. The van der Waals surface area contributed by atoms with E-state index in [4.69, 9.17) is 5.10 Å². The van der Waals surface area contributed by atoms with Crippen molar-refractivity contribution in [2.24, 2.45) is 5.10 Å². The molecule has 0 bridgehead atoms. The van der Waals surface area contributed by atoms with E-state index in [-0.39, 0.29) is 11.6 Å². The second kappa shape index (κ2) is 8.84. The Hall–Kier alpha value is -4.55. The number of hydrogen-bond donors (Lipinski definition) is 0. The standard InChI is InChI=1S/C31H22N4OS/c36-30-29(37-31-32-25-13-7-8-14-27(25)34(30)31)19-21-15-17-24(18-16-21)35-28(23-11-5-2-6-12-23)20-26(33-35)22-9-3-1-4-10-22/h1-19,28H,20H2. The van der Waals surface area contributed by atoms with Crippen LogP contribution in [-0.2, 0) is 0 Å². The highest BCUT2D eigenvalue weighted by atomic mass is 32.1. The van der Waals surface area contributed by atoms with Crippen molar-refractivity contribution in [2.45, 2.75) is 12.5 Å². The number of para-hydroxylation sites is 2. The van der Waals surface area contributed by atoms with Crippen molar-refractivity contribution < 1.29 is 0 Å². The van der Waals surface area contributed by atoms with E-state index in [9.17, 15) is 4.79 Å². The largest absolute Gasteiger partial charge is 0.274 e. The molecule has 0 N–H and O–H groups in total. The topological polar surface area (TPSA) is 50.0 Å². The number of fused-ring (bicyclic) bond motifs is 3. The summed E-state index contributed by atoms with van der Waals surface area (Å²) in [6, 6.07) is 37.0. The van der Waals surface area contributed by atoms with Crippen LogP contribution in [0.4, 0.5) is 5.69 Å². The lowest BCUT2D eigenvalue weighted by Gasteiger charge is -2.24. The molecule has 1 aliphatic heterocycles. The zero-order valence-electron chi connectivity index (χ0n) is 19.9. The molecule has 178 valence electrons. The van der Waals surface area contributed by atoms with Gasteiger partial charge in [-0.25, -0.2) is 9.38 Å². The maximum Gasteiger partial charge on any atom is 0.274 e. The fourth-order valence-corrected chi connectivity index (χ4v) is 5.96. The second-order valence-electron chi connectivity index (χ2n) is 9.11. The van der Waals surface area contributed by atoms with Gasteiger partial charge in [-0.15, -0.1) is 0 Å². The summed E-state index contributed by atoms with van der Waals surface area (Å²) in [6.45, 7) is 0. The number of imidazole rings is 1. The van der Waals surface area contributed by atoms with Gasteiger partial charge in [-0.3, -0.25) is 9.80 Å². The Bertz CT molecular complexity index is 1870. The van der Waals surface area contributed by atoms with Gasteiger partial charge in [0.05, 0.1) is 33.0 Å². The zero-order valence-corrected chi connectivity index (χ0v) is 20.7. The van der Waals surface area contributed by atoms with Crippen LogP contribution >= 0.6 is 11.3 Å². The van der Waals surface area contributed by atoms with Gasteiger partial charge in [0.2, 0.25) is 0 Å². The molecular formula is C31H22N4OS. The first-order chi connectivity index (χ1) is 18.2. The summed E-state index contributed by atoms with van der Waals surface area (Å²) in [5.41, 5.74) is 7.11. The fourth-order valence-electron chi connectivity index (χ4n) is 4.97. The number of hydrazone groups is 1. The zero-order chi connectivity index (χ0) is 24.8. The molecule has 1 unspecified atom stereocenters. The van der Waals surface area contributed by atoms with E-state index in [2.05, 4.69) is 70.7 Å². The molecule has 0 saturated heterocycles. The van der Waals surface area contributed by atoms with Crippen LogP contribution in [0.5, 0.6) is 0 Å². The van der Waals surface area contributed by atoms with Crippen LogP contribution in [0.1, 0.15) is 29.2 Å². The van der Waals surface area contributed by atoms with Crippen LogP contribution in [0, 0.1) is 0 Å². The molecule has 6 heteroatoms. The SMILES string of the molecule is O=c1c(=Cc2ccc(N3N=C(c4ccccc4)CC3c3ccccc3)cc2)sc2nc3ccccc3n12. The molecule has 0 amide bonds. The van der Waals surface area contributed by atoms with Gasteiger partial charge in [0.25, 0.3) is 5.56 Å². The monoisotopic (exact) mass is 498 g/mol. The van der Waals surface area contributed by atoms with E-state index >= 15 is 0 Å². The molecule has 37 heavy (non-hydrogen) atoms. The highest BCUT2D eigenvalue weighted by Gasteiger charge is 2.29. The third-order valence-corrected chi connectivity index (χ3v) is 7.77. The molecule has 0 spiro atoms. The molecule has 4 aromatic carbocycles. The lowest BCUT2D eigenvalue weighted by Crippen LogP contribution is -2.22. The summed E-state index contributed by atoms with van der Waals surface area (Å²) in [4.78, 5) is 18.5. The first kappa shape index (κ1) is 21.7. The van der Waals surface area contributed by atoms with Gasteiger partial charge in [-0.2, -0.15) is 5.10 Å². The van der Waals surface area contributed by atoms with Crippen molar-refractivity contribution in [1.29, 1.82) is 0 Å². The smallest absolute Gasteiger partial charge is 0.267 e.